The summed E-state index contributed by atoms with van der Waals surface area (Å²) in [5, 5.41) is 22.7. The second-order valence-electron chi connectivity index (χ2n) is 7.70. The first-order chi connectivity index (χ1) is 14.7. The van der Waals surface area contributed by atoms with Crippen LogP contribution >= 0.6 is 15.9 Å². The summed E-state index contributed by atoms with van der Waals surface area (Å²) in [6.07, 6.45) is -2.01. The highest BCUT2D eigenvalue weighted by atomic mass is 79.9. The minimum absolute atomic E-state index is 0.251. The van der Waals surface area contributed by atoms with Crippen molar-refractivity contribution in [2.24, 2.45) is 4.99 Å². The zero-order valence-electron chi connectivity index (χ0n) is 16.4. The first-order valence-electron chi connectivity index (χ1n) is 9.76. The van der Waals surface area contributed by atoms with Crippen LogP contribution in [0.25, 0.3) is 0 Å². The Balaban J connectivity index is 1.68. The van der Waals surface area contributed by atoms with E-state index >= 15 is 0 Å². The molecule has 0 aliphatic carbocycles. The molecular formula is C20H21BrF3N5O2. The van der Waals surface area contributed by atoms with Gasteiger partial charge >= 0.3 is 6.18 Å². The third kappa shape index (κ3) is 4.68. The van der Waals surface area contributed by atoms with E-state index < -0.39 is 17.3 Å². The van der Waals surface area contributed by atoms with Gasteiger partial charge in [-0.05, 0) is 31.0 Å². The molecule has 2 aromatic rings. The van der Waals surface area contributed by atoms with Crippen LogP contribution in [0.15, 0.2) is 29.3 Å². The highest BCUT2D eigenvalue weighted by Gasteiger charge is 2.34. The first kappa shape index (κ1) is 22.0. The summed E-state index contributed by atoms with van der Waals surface area (Å²) in [6, 6.07) is 4.93. The van der Waals surface area contributed by atoms with E-state index in [9.17, 15) is 23.4 Å². The van der Waals surface area contributed by atoms with E-state index in [1.54, 1.807) is 12.3 Å². The molecule has 1 fully saturated rings. The highest BCUT2D eigenvalue weighted by Crippen LogP contribution is 2.36. The summed E-state index contributed by atoms with van der Waals surface area (Å²) in [5.41, 5.74) is -0.215. The molecule has 1 unspecified atom stereocenters. The summed E-state index contributed by atoms with van der Waals surface area (Å²) < 4.78 is 39.3. The Kier molecular flexibility index (Phi) is 5.93. The fourth-order valence-corrected chi connectivity index (χ4v) is 4.16. The molecule has 0 bridgehead atoms. The average Bonchev–Trinajstić information content (AvgIpc) is 2.74. The summed E-state index contributed by atoms with van der Waals surface area (Å²) >= 11 is 3.52. The highest BCUT2D eigenvalue weighted by molar-refractivity contribution is 9.09. The normalized spacial score (nSPS) is 20.5. The lowest BCUT2D eigenvalue weighted by Gasteiger charge is -2.37. The van der Waals surface area contributed by atoms with Gasteiger partial charge in [-0.25, -0.2) is 4.98 Å². The number of fused-ring (bicyclic) bond motifs is 1. The maximum Gasteiger partial charge on any atom is 0.416 e. The third-order valence-corrected chi connectivity index (χ3v) is 6.17. The van der Waals surface area contributed by atoms with Gasteiger partial charge in [-0.2, -0.15) is 18.2 Å². The SMILES string of the molecule is OCC1(O)CCN(c2nc(Nc3cccc(C(F)(F)F)c3)c3c(n2)C(Br)C=NC3)CC1. The van der Waals surface area contributed by atoms with Crippen LogP contribution in [-0.2, 0) is 12.7 Å². The van der Waals surface area contributed by atoms with E-state index in [0.29, 0.717) is 55.5 Å². The Bertz CT molecular complexity index is 993. The maximum atomic E-state index is 13.1. The Hall–Kier alpha value is -2.24. The predicted octanol–water partition coefficient (Wildman–Crippen LogP) is 3.58. The molecule has 1 saturated heterocycles. The number of hydrogen-bond donors (Lipinski definition) is 3. The predicted molar refractivity (Wildman–Crippen MR) is 114 cm³/mol. The molecule has 0 amide bonds. The molecule has 11 heteroatoms. The third-order valence-electron chi connectivity index (χ3n) is 5.50. The van der Waals surface area contributed by atoms with E-state index in [2.05, 4.69) is 36.2 Å². The van der Waals surface area contributed by atoms with Gasteiger partial charge < -0.3 is 20.4 Å². The number of rotatable bonds is 4. The number of anilines is 3. The van der Waals surface area contributed by atoms with E-state index in [1.807, 2.05) is 4.90 Å². The minimum atomic E-state index is -4.45. The molecule has 3 heterocycles. The van der Waals surface area contributed by atoms with Gasteiger partial charge in [0, 0.05) is 30.6 Å². The average molecular weight is 500 g/mol. The van der Waals surface area contributed by atoms with Crippen molar-refractivity contribution in [2.45, 2.75) is 36.0 Å². The molecule has 1 aromatic heterocycles. The van der Waals surface area contributed by atoms with Crippen molar-refractivity contribution in [3.63, 3.8) is 0 Å². The number of aliphatic hydroxyl groups excluding tert-OH is 1. The molecule has 2 aliphatic heterocycles. The van der Waals surface area contributed by atoms with Crippen molar-refractivity contribution >= 4 is 39.6 Å². The summed E-state index contributed by atoms with van der Waals surface area (Å²) in [7, 11) is 0. The number of aromatic nitrogens is 2. The van der Waals surface area contributed by atoms with Gasteiger partial charge in [-0.1, -0.05) is 22.0 Å². The van der Waals surface area contributed by atoms with Crippen LogP contribution in [0.3, 0.4) is 0 Å². The number of piperidine rings is 1. The number of aliphatic hydroxyl groups is 2. The molecule has 0 saturated carbocycles. The van der Waals surface area contributed by atoms with Crippen molar-refractivity contribution in [1.29, 1.82) is 0 Å². The largest absolute Gasteiger partial charge is 0.416 e. The molecule has 7 nitrogen and oxygen atoms in total. The van der Waals surface area contributed by atoms with Gasteiger partial charge in [0.15, 0.2) is 0 Å². The van der Waals surface area contributed by atoms with Crippen LogP contribution in [0.5, 0.6) is 0 Å². The first-order valence-corrected chi connectivity index (χ1v) is 10.7. The van der Waals surface area contributed by atoms with Crippen molar-refractivity contribution in [2.75, 3.05) is 29.9 Å². The van der Waals surface area contributed by atoms with Gasteiger partial charge in [0.1, 0.15) is 5.82 Å². The van der Waals surface area contributed by atoms with Gasteiger partial charge in [-0.3, -0.25) is 4.99 Å². The fourth-order valence-electron chi connectivity index (χ4n) is 3.62. The van der Waals surface area contributed by atoms with Crippen molar-refractivity contribution in [3.8, 4) is 0 Å². The standard InChI is InChI=1S/C20H21BrF3N5O2/c21-15-10-25-9-14-16(15)27-18(29-6-4-19(31,11-30)5-7-29)28-17(14)26-13-3-1-2-12(8-13)20(22,23)24/h1-3,8,10,15,30-31H,4-7,9,11H2,(H,26,27,28). The Morgan fingerprint density at radius 2 is 1.97 bits per heavy atom. The quantitative estimate of drug-likeness (QED) is 0.556. The molecule has 0 spiro atoms. The Morgan fingerprint density at radius 3 is 2.65 bits per heavy atom. The molecular weight excluding hydrogens is 479 g/mol. The lowest BCUT2D eigenvalue weighted by molar-refractivity contribution is -0.137. The van der Waals surface area contributed by atoms with Crippen LogP contribution in [0.4, 0.5) is 30.6 Å². The monoisotopic (exact) mass is 499 g/mol. The number of halogens is 4. The number of alkyl halides is 4. The van der Waals surface area contributed by atoms with E-state index in [-0.39, 0.29) is 17.1 Å². The number of benzene rings is 1. The van der Waals surface area contributed by atoms with Gasteiger partial charge in [0.25, 0.3) is 0 Å². The molecule has 4 rings (SSSR count). The van der Waals surface area contributed by atoms with Crippen LogP contribution in [-0.4, -0.2) is 51.7 Å². The molecule has 1 aromatic carbocycles. The Labute approximate surface area is 185 Å². The number of nitrogens with one attached hydrogen (secondary N) is 1. The smallest absolute Gasteiger partial charge is 0.393 e. The summed E-state index contributed by atoms with van der Waals surface area (Å²) in [5.74, 6) is 0.802. The van der Waals surface area contributed by atoms with Crippen molar-refractivity contribution in [1.82, 2.24) is 9.97 Å². The molecule has 31 heavy (non-hydrogen) atoms. The van der Waals surface area contributed by atoms with Crippen molar-refractivity contribution in [3.05, 3.63) is 41.1 Å². The summed E-state index contributed by atoms with van der Waals surface area (Å²) in [6.45, 7) is 0.886. The zero-order valence-corrected chi connectivity index (χ0v) is 18.0. The second kappa shape index (κ2) is 8.36. The van der Waals surface area contributed by atoms with Gasteiger partial charge in [0.05, 0.1) is 34.8 Å². The molecule has 166 valence electrons. The Morgan fingerprint density at radius 1 is 1.23 bits per heavy atom. The van der Waals surface area contributed by atoms with Crippen molar-refractivity contribution < 1.29 is 23.4 Å². The molecule has 3 N–H and O–H groups in total. The lowest BCUT2D eigenvalue weighted by atomic mass is 9.93. The number of hydrogen-bond acceptors (Lipinski definition) is 7. The van der Waals surface area contributed by atoms with E-state index in [1.165, 1.54) is 6.07 Å². The van der Waals surface area contributed by atoms with E-state index in [4.69, 9.17) is 0 Å². The summed E-state index contributed by atoms with van der Waals surface area (Å²) in [4.78, 5) is 15.2. The van der Waals surface area contributed by atoms with Crippen LogP contribution in [0, 0.1) is 0 Å². The second-order valence-corrected chi connectivity index (χ2v) is 8.69. The fraction of sp³-hybridized carbons (Fsp3) is 0.450. The topological polar surface area (TPSA) is 93.9 Å². The van der Waals surface area contributed by atoms with Gasteiger partial charge in [0.2, 0.25) is 5.95 Å². The minimum Gasteiger partial charge on any atom is -0.393 e. The molecule has 1 atom stereocenters. The van der Waals surface area contributed by atoms with Gasteiger partial charge in [-0.15, -0.1) is 0 Å². The maximum absolute atomic E-state index is 13.1. The number of nitrogens with zero attached hydrogens (tertiary/aromatic N) is 4. The molecule has 2 aliphatic rings. The van der Waals surface area contributed by atoms with Crippen LogP contribution in [0.2, 0.25) is 0 Å². The lowest BCUT2D eigenvalue weighted by Crippen LogP contribution is -2.47. The molecule has 0 radical (unpaired) electrons. The van der Waals surface area contributed by atoms with Crippen LogP contribution in [0.1, 0.15) is 34.5 Å². The number of aliphatic imine (C=N–C) groups is 1. The zero-order chi connectivity index (χ0) is 22.2. The van der Waals surface area contributed by atoms with Crippen LogP contribution < -0.4 is 10.2 Å². The van der Waals surface area contributed by atoms with E-state index in [0.717, 1.165) is 12.1 Å².